The van der Waals surface area contributed by atoms with E-state index in [1.54, 1.807) is 0 Å². The maximum Gasteiger partial charge on any atom is 0.220 e. The van der Waals surface area contributed by atoms with Crippen molar-refractivity contribution in [3.63, 3.8) is 0 Å². The van der Waals surface area contributed by atoms with E-state index in [0.29, 0.717) is 12.5 Å². The SMILES string of the molecule is CC(C)(C)NC(=O)CC[C@@H]1CCCO1. The lowest BCUT2D eigenvalue weighted by atomic mass is 10.1. The Morgan fingerprint density at radius 1 is 1.50 bits per heavy atom. The van der Waals surface area contributed by atoms with E-state index in [4.69, 9.17) is 4.74 Å². The molecular weight excluding hydrogens is 178 g/mol. The molecule has 1 rings (SSSR count). The third kappa shape index (κ3) is 4.61. The van der Waals surface area contributed by atoms with Gasteiger partial charge >= 0.3 is 0 Å². The van der Waals surface area contributed by atoms with Gasteiger partial charge in [0.2, 0.25) is 5.91 Å². The van der Waals surface area contributed by atoms with Crippen LogP contribution in [0.3, 0.4) is 0 Å². The molecule has 1 saturated heterocycles. The molecule has 0 saturated carbocycles. The Kier molecular flexibility index (Phi) is 3.93. The van der Waals surface area contributed by atoms with Crippen LogP contribution >= 0.6 is 0 Å². The van der Waals surface area contributed by atoms with Crippen LogP contribution in [0, 0.1) is 0 Å². The van der Waals surface area contributed by atoms with E-state index in [2.05, 4.69) is 5.32 Å². The number of hydrogen-bond donors (Lipinski definition) is 1. The third-order valence-corrected chi connectivity index (χ3v) is 2.23. The highest BCUT2D eigenvalue weighted by atomic mass is 16.5. The fourth-order valence-corrected chi connectivity index (χ4v) is 1.64. The summed E-state index contributed by atoms with van der Waals surface area (Å²) in [7, 11) is 0. The molecule has 1 heterocycles. The van der Waals surface area contributed by atoms with Crippen LogP contribution in [0.2, 0.25) is 0 Å². The summed E-state index contributed by atoms with van der Waals surface area (Å²) in [5.74, 6) is 0.132. The standard InChI is InChI=1S/C11H21NO2/c1-11(2,3)12-10(13)7-6-9-5-4-8-14-9/h9H,4-8H2,1-3H3,(H,12,13)/t9-/m0/s1. The molecule has 3 heteroatoms. The Labute approximate surface area is 86.2 Å². The predicted molar refractivity (Wildman–Crippen MR) is 56.1 cm³/mol. The first-order valence-electron chi connectivity index (χ1n) is 5.40. The van der Waals surface area contributed by atoms with E-state index in [-0.39, 0.29) is 11.4 Å². The molecule has 0 aromatic heterocycles. The van der Waals surface area contributed by atoms with Crippen molar-refractivity contribution < 1.29 is 9.53 Å². The fourth-order valence-electron chi connectivity index (χ4n) is 1.64. The number of nitrogens with one attached hydrogen (secondary N) is 1. The maximum atomic E-state index is 11.4. The average Bonchev–Trinajstić information content (AvgIpc) is 2.49. The van der Waals surface area contributed by atoms with E-state index in [1.807, 2.05) is 20.8 Å². The molecule has 0 aromatic rings. The van der Waals surface area contributed by atoms with Crippen LogP contribution in [-0.2, 0) is 9.53 Å². The molecule has 0 bridgehead atoms. The number of carbonyl (C=O) groups excluding carboxylic acids is 1. The minimum absolute atomic E-state index is 0.117. The molecule has 82 valence electrons. The Bertz CT molecular complexity index is 190. The van der Waals surface area contributed by atoms with Gasteiger partial charge in [-0.05, 0) is 40.0 Å². The van der Waals surface area contributed by atoms with Gasteiger partial charge in [0.15, 0.2) is 0 Å². The van der Waals surface area contributed by atoms with E-state index in [9.17, 15) is 4.79 Å². The zero-order valence-electron chi connectivity index (χ0n) is 9.43. The smallest absolute Gasteiger partial charge is 0.220 e. The van der Waals surface area contributed by atoms with Crippen molar-refractivity contribution in [3.05, 3.63) is 0 Å². The summed E-state index contributed by atoms with van der Waals surface area (Å²) in [4.78, 5) is 11.4. The van der Waals surface area contributed by atoms with Gasteiger partial charge in [-0.2, -0.15) is 0 Å². The average molecular weight is 199 g/mol. The van der Waals surface area contributed by atoms with Crippen molar-refractivity contribution in [2.45, 2.75) is 58.1 Å². The topological polar surface area (TPSA) is 38.3 Å². The normalized spacial score (nSPS) is 22.4. The number of ether oxygens (including phenoxy) is 1. The van der Waals surface area contributed by atoms with Gasteiger partial charge in [-0.25, -0.2) is 0 Å². The van der Waals surface area contributed by atoms with Crippen molar-refractivity contribution in [2.24, 2.45) is 0 Å². The summed E-state index contributed by atoms with van der Waals surface area (Å²) in [5, 5.41) is 2.95. The Morgan fingerprint density at radius 2 is 2.21 bits per heavy atom. The molecule has 0 radical (unpaired) electrons. The predicted octanol–water partition coefficient (Wildman–Crippen LogP) is 1.86. The van der Waals surface area contributed by atoms with Gasteiger partial charge in [-0.3, -0.25) is 4.79 Å². The van der Waals surface area contributed by atoms with Crippen molar-refractivity contribution in [2.75, 3.05) is 6.61 Å². The molecule has 1 aliphatic heterocycles. The molecule has 1 aliphatic rings. The van der Waals surface area contributed by atoms with Crippen molar-refractivity contribution in [1.82, 2.24) is 5.32 Å². The first-order valence-corrected chi connectivity index (χ1v) is 5.40. The van der Waals surface area contributed by atoms with Crippen molar-refractivity contribution in [1.29, 1.82) is 0 Å². The van der Waals surface area contributed by atoms with Crippen molar-refractivity contribution >= 4 is 5.91 Å². The van der Waals surface area contributed by atoms with Crippen LogP contribution in [-0.4, -0.2) is 24.2 Å². The quantitative estimate of drug-likeness (QED) is 0.753. The van der Waals surface area contributed by atoms with Gasteiger partial charge in [0.25, 0.3) is 0 Å². The minimum Gasteiger partial charge on any atom is -0.378 e. The number of carbonyl (C=O) groups is 1. The summed E-state index contributed by atoms with van der Waals surface area (Å²) in [6.45, 7) is 6.86. The summed E-state index contributed by atoms with van der Waals surface area (Å²) in [6.07, 6.45) is 4.03. The molecule has 1 amide bonds. The van der Waals surface area contributed by atoms with Gasteiger partial charge < -0.3 is 10.1 Å². The summed E-state index contributed by atoms with van der Waals surface area (Å²) >= 11 is 0. The zero-order valence-corrected chi connectivity index (χ0v) is 9.43. The van der Waals surface area contributed by atoms with Gasteiger partial charge in [0, 0.05) is 18.6 Å². The van der Waals surface area contributed by atoms with Gasteiger partial charge in [-0.15, -0.1) is 0 Å². The van der Waals surface area contributed by atoms with E-state index in [1.165, 1.54) is 0 Å². The number of hydrogen-bond acceptors (Lipinski definition) is 2. The van der Waals surface area contributed by atoms with E-state index >= 15 is 0 Å². The lowest BCUT2D eigenvalue weighted by Gasteiger charge is -2.20. The van der Waals surface area contributed by atoms with Crippen LogP contribution in [0.15, 0.2) is 0 Å². The number of rotatable bonds is 3. The van der Waals surface area contributed by atoms with E-state index < -0.39 is 0 Å². The van der Waals surface area contributed by atoms with Crippen molar-refractivity contribution in [3.8, 4) is 0 Å². The maximum absolute atomic E-state index is 11.4. The molecule has 0 spiro atoms. The lowest BCUT2D eigenvalue weighted by molar-refractivity contribution is -0.123. The van der Waals surface area contributed by atoms with Crippen LogP contribution in [0.25, 0.3) is 0 Å². The molecule has 1 N–H and O–H groups in total. The second-order valence-corrected chi connectivity index (χ2v) is 4.97. The summed E-state index contributed by atoms with van der Waals surface area (Å²) in [6, 6.07) is 0. The molecule has 14 heavy (non-hydrogen) atoms. The van der Waals surface area contributed by atoms with E-state index in [0.717, 1.165) is 25.9 Å². The highest BCUT2D eigenvalue weighted by Crippen LogP contribution is 2.16. The second kappa shape index (κ2) is 4.78. The van der Waals surface area contributed by atoms with Gasteiger partial charge in [0.1, 0.15) is 0 Å². The first kappa shape index (κ1) is 11.5. The minimum atomic E-state index is -0.117. The molecule has 1 atom stereocenters. The lowest BCUT2D eigenvalue weighted by Crippen LogP contribution is -2.40. The van der Waals surface area contributed by atoms with Crippen LogP contribution < -0.4 is 5.32 Å². The van der Waals surface area contributed by atoms with Gasteiger partial charge in [0.05, 0.1) is 6.10 Å². The van der Waals surface area contributed by atoms with Crippen LogP contribution in [0.5, 0.6) is 0 Å². The van der Waals surface area contributed by atoms with Crippen LogP contribution in [0.4, 0.5) is 0 Å². The molecule has 0 unspecified atom stereocenters. The highest BCUT2D eigenvalue weighted by molar-refractivity contribution is 5.76. The second-order valence-electron chi connectivity index (χ2n) is 4.97. The number of amides is 1. The summed E-state index contributed by atoms with van der Waals surface area (Å²) < 4.78 is 5.45. The monoisotopic (exact) mass is 199 g/mol. The Hall–Kier alpha value is -0.570. The van der Waals surface area contributed by atoms with Gasteiger partial charge in [-0.1, -0.05) is 0 Å². The molecule has 0 aromatic carbocycles. The third-order valence-electron chi connectivity index (χ3n) is 2.23. The Balaban J connectivity index is 2.14. The Morgan fingerprint density at radius 3 is 2.71 bits per heavy atom. The van der Waals surface area contributed by atoms with Crippen LogP contribution in [0.1, 0.15) is 46.5 Å². The fraction of sp³-hybridized carbons (Fsp3) is 0.909. The molecular formula is C11H21NO2. The molecule has 1 fully saturated rings. The molecule has 0 aliphatic carbocycles. The summed E-state index contributed by atoms with van der Waals surface area (Å²) in [5.41, 5.74) is -0.117. The highest BCUT2D eigenvalue weighted by Gasteiger charge is 2.18. The molecule has 3 nitrogen and oxygen atoms in total. The zero-order chi connectivity index (χ0) is 10.6. The largest absolute Gasteiger partial charge is 0.378 e. The first-order chi connectivity index (χ1) is 6.47.